The lowest BCUT2D eigenvalue weighted by molar-refractivity contribution is 0.187. The zero-order valence-corrected chi connectivity index (χ0v) is 10.7. The highest BCUT2D eigenvalue weighted by Gasteiger charge is 2.19. The molecule has 0 saturated heterocycles. The van der Waals surface area contributed by atoms with E-state index in [9.17, 15) is 4.79 Å². The van der Waals surface area contributed by atoms with Crippen LogP contribution in [0.5, 0.6) is 0 Å². The molecule has 2 rings (SSSR count). The summed E-state index contributed by atoms with van der Waals surface area (Å²) in [6.07, 6.45) is -0.468. The maximum atomic E-state index is 12.2. The summed E-state index contributed by atoms with van der Waals surface area (Å²) in [4.78, 5) is 13.7. The van der Waals surface area contributed by atoms with Gasteiger partial charge in [-0.1, -0.05) is 43.0 Å². The Labute approximate surface area is 112 Å². The number of carbonyl (C=O) groups excluding carboxylic acids is 1. The summed E-state index contributed by atoms with van der Waals surface area (Å²) in [7, 11) is 0. The minimum absolute atomic E-state index is 0.363. The second kappa shape index (κ2) is 5.87. The second-order valence-electron chi connectivity index (χ2n) is 4.08. The molecule has 2 aromatic rings. The predicted molar refractivity (Wildman–Crippen MR) is 76.3 cm³/mol. The van der Waals surface area contributed by atoms with Crippen molar-refractivity contribution in [1.29, 1.82) is 0 Å². The lowest BCUT2D eigenvalue weighted by atomic mass is 10.2. The van der Waals surface area contributed by atoms with Crippen molar-refractivity contribution in [2.45, 2.75) is 6.92 Å². The molecule has 0 unspecified atom stereocenters. The van der Waals surface area contributed by atoms with Gasteiger partial charge in [0.05, 0.1) is 17.1 Å². The topological polar surface area (TPSA) is 29.5 Å². The first kappa shape index (κ1) is 12.9. The van der Waals surface area contributed by atoms with Crippen molar-refractivity contribution in [3.8, 4) is 0 Å². The molecule has 1 amide bonds. The zero-order chi connectivity index (χ0) is 13.7. The van der Waals surface area contributed by atoms with Gasteiger partial charge in [-0.3, -0.25) is 0 Å². The average molecular weight is 253 g/mol. The molecule has 0 spiro atoms. The molecule has 0 aromatic heterocycles. The van der Waals surface area contributed by atoms with Crippen LogP contribution in [0.1, 0.15) is 6.92 Å². The molecule has 0 fully saturated rings. The first-order valence-corrected chi connectivity index (χ1v) is 5.96. The largest absolute Gasteiger partial charge is 0.424 e. The van der Waals surface area contributed by atoms with Crippen LogP contribution in [0.4, 0.5) is 16.2 Å². The molecule has 0 aliphatic heterocycles. The van der Waals surface area contributed by atoms with Crippen molar-refractivity contribution < 1.29 is 9.53 Å². The van der Waals surface area contributed by atoms with Crippen molar-refractivity contribution in [1.82, 2.24) is 0 Å². The van der Waals surface area contributed by atoms with E-state index in [4.69, 9.17) is 4.74 Å². The number of hydrogen-bond acceptors (Lipinski definition) is 2. The summed E-state index contributed by atoms with van der Waals surface area (Å²) >= 11 is 0. The van der Waals surface area contributed by atoms with E-state index in [0.29, 0.717) is 5.76 Å². The first-order chi connectivity index (χ1) is 9.18. The van der Waals surface area contributed by atoms with Gasteiger partial charge in [-0.05, 0) is 31.2 Å². The fourth-order valence-corrected chi connectivity index (χ4v) is 1.71. The summed E-state index contributed by atoms with van der Waals surface area (Å²) in [5.74, 6) is 0.363. The molecule has 0 heterocycles. The van der Waals surface area contributed by atoms with E-state index in [-0.39, 0.29) is 0 Å². The van der Waals surface area contributed by atoms with Crippen LogP contribution in [0.15, 0.2) is 73.0 Å². The van der Waals surface area contributed by atoms with Crippen molar-refractivity contribution in [2.24, 2.45) is 0 Å². The lowest BCUT2D eigenvalue weighted by Gasteiger charge is -2.22. The van der Waals surface area contributed by atoms with Gasteiger partial charge in [0.2, 0.25) is 0 Å². The average Bonchev–Trinajstić information content (AvgIpc) is 2.40. The molecular formula is C16H15NO2. The first-order valence-electron chi connectivity index (χ1n) is 5.96. The van der Waals surface area contributed by atoms with E-state index >= 15 is 0 Å². The van der Waals surface area contributed by atoms with Crippen LogP contribution in [-0.4, -0.2) is 6.09 Å². The van der Waals surface area contributed by atoms with Crippen LogP contribution in [0.2, 0.25) is 0 Å². The highest BCUT2D eigenvalue weighted by molar-refractivity contribution is 5.96. The minimum atomic E-state index is -0.468. The third-order valence-electron chi connectivity index (χ3n) is 2.47. The molecular weight excluding hydrogens is 238 g/mol. The number of benzene rings is 2. The quantitative estimate of drug-likeness (QED) is 0.754. The number of carbonyl (C=O) groups is 1. The SMILES string of the molecule is C=C(C)OC(=O)N(c1ccccc1)c1ccccc1. The van der Waals surface area contributed by atoms with Crippen molar-refractivity contribution in [3.05, 3.63) is 73.0 Å². The van der Waals surface area contributed by atoms with Gasteiger partial charge in [-0.15, -0.1) is 0 Å². The Hall–Kier alpha value is -2.55. The number of para-hydroxylation sites is 2. The smallest absolute Gasteiger partial charge is 0.415 e. The van der Waals surface area contributed by atoms with E-state index in [1.807, 2.05) is 60.7 Å². The molecule has 3 heteroatoms. The van der Waals surface area contributed by atoms with Gasteiger partial charge in [0.1, 0.15) is 0 Å². The van der Waals surface area contributed by atoms with Gasteiger partial charge in [0, 0.05) is 0 Å². The van der Waals surface area contributed by atoms with E-state index in [2.05, 4.69) is 6.58 Å². The van der Waals surface area contributed by atoms with Crippen LogP contribution >= 0.6 is 0 Å². The molecule has 0 aliphatic carbocycles. The van der Waals surface area contributed by atoms with Crippen LogP contribution in [0.25, 0.3) is 0 Å². The van der Waals surface area contributed by atoms with Crippen molar-refractivity contribution >= 4 is 17.5 Å². The van der Waals surface area contributed by atoms with E-state index < -0.39 is 6.09 Å². The van der Waals surface area contributed by atoms with Crippen LogP contribution in [0, 0.1) is 0 Å². The zero-order valence-electron chi connectivity index (χ0n) is 10.7. The van der Waals surface area contributed by atoms with Crippen molar-refractivity contribution in [3.63, 3.8) is 0 Å². The maximum absolute atomic E-state index is 12.2. The molecule has 0 radical (unpaired) electrons. The van der Waals surface area contributed by atoms with Gasteiger partial charge in [-0.25, -0.2) is 9.69 Å². The summed E-state index contributed by atoms with van der Waals surface area (Å²) in [6, 6.07) is 18.7. The molecule has 0 bridgehead atoms. The fraction of sp³-hybridized carbons (Fsp3) is 0.0625. The molecule has 96 valence electrons. The number of amides is 1. The molecule has 0 aliphatic rings. The number of hydrogen-bond donors (Lipinski definition) is 0. The molecule has 0 N–H and O–H groups in total. The molecule has 0 atom stereocenters. The van der Waals surface area contributed by atoms with Gasteiger partial charge in [-0.2, -0.15) is 0 Å². The Morgan fingerprint density at radius 1 is 0.947 bits per heavy atom. The Kier molecular flexibility index (Phi) is 3.98. The van der Waals surface area contributed by atoms with E-state index in [1.165, 1.54) is 4.90 Å². The predicted octanol–water partition coefficient (Wildman–Crippen LogP) is 4.49. The Balaban J connectivity index is 2.40. The summed E-state index contributed by atoms with van der Waals surface area (Å²) in [5.41, 5.74) is 1.50. The minimum Gasteiger partial charge on any atom is -0.415 e. The molecule has 3 nitrogen and oxygen atoms in total. The molecule has 2 aromatic carbocycles. The number of anilines is 2. The number of ether oxygens (including phenoxy) is 1. The number of nitrogens with zero attached hydrogens (tertiary/aromatic N) is 1. The van der Waals surface area contributed by atoms with Crippen LogP contribution < -0.4 is 4.90 Å². The third-order valence-corrected chi connectivity index (χ3v) is 2.47. The summed E-state index contributed by atoms with van der Waals surface area (Å²) in [5, 5.41) is 0. The van der Waals surface area contributed by atoms with E-state index in [0.717, 1.165) is 11.4 Å². The number of rotatable bonds is 3. The third kappa shape index (κ3) is 3.22. The Morgan fingerprint density at radius 2 is 1.37 bits per heavy atom. The van der Waals surface area contributed by atoms with E-state index in [1.54, 1.807) is 6.92 Å². The Morgan fingerprint density at radius 3 is 1.74 bits per heavy atom. The monoisotopic (exact) mass is 253 g/mol. The van der Waals surface area contributed by atoms with Gasteiger partial charge >= 0.3 is 6.09 Å². The lowest BCUT2D eigenvalue weighted by Crippen LogP contribution is -2.26. The molecule has 0 saturated carbocycles. The van der Waals surface area contributed by atoms with Gasteiger partial charge in [0.15, 0.2) is 0 Å². The highest BCUT2D eigenvalue weighted by atomic mass is 16.6. The highest BCUT2D eigenvalue weighted by Crippen LogP contribution is 2.26. The van der Waals surface area contributed by atoms with Crippen molar-refractivity contribution in [2.75, 3.05) is 4.90 Å². The summed E-state index contributed by atoms with van der Waals surface area (Å²) in [6.45, 7) is 5.24. The second-order valence-corrected chi connectivity index (χ2v) is 4.08. The fourth-order valence-electron chi connectivity index (χ4n) is 1.71. The number of allylic oxidation sites excluding steroid dienone is 1. The van der Waals surface area contributed by atoms with Crippen LogP contribution in [0.3, 0.4) is 0 Å². The standard InChI is InChI=1S/C16H15NO2/c1-13(2)19-16(18)17(14-9-5-3-6-10-14)15-11-7-4-8-12-15/h3-12H,1H2,2H3. The molecule has 19 heavy (non-hydrogen) atoms. The van der Waals surface area contributed by atoms with Crippen LogP contribution in [-0.2, 0) is 4.74 Å². The summed E-state index contributed by atoms with van der Waals surface area (Å²) < 4.78 is 5.11. The Bertz CT molecular complexity index is 524. The normalized spacial score (nSPS) is 9.74. The van der Waals surface area contributed by atoms with Gasteiger partial charge < -0.3 is 4.74 Å². The van der Waals surface area contributed by atoms with Gasteiger partial charge in [0.25, 0.3) is 0 Å². The maximum Gasteiger partial charge on any atom is 0.424 e.